The predicted octanol–water partition coefficient (Wildman–Crippen LogP) is 2.26. The van der Waals surface area contributed by atoms with Gasteiger partial charge in [-0.2, -0.15) is 0 Å². The van der Waals surface area contributed by atoms with Crippen molar-refractivity contribution in [2.45, 2.75) is 52.3 Å². The van der Waals surface area contributed by atoms with E-state index in [1.807, 2.05) is 0 Å². The summed E-state index contributed by atoms with van der Waals surface area (Å²) in [6.07, 6.45) is 0.479. The van der Waals surface area contributed by atoms with Gasteiger partial charge in [0.25, 0.3) is 5.91 Å². The van der Waals surface area contributed by atoms with Crippen molar-refractivity contribution in [1.29, 1.82) is 0 Å². The average molecular weight is 514 g/mol. The SMILES string of the molecule is CC(C)(C)C(=O)Nc1cc2c([nH]1)N=CN(CCc1ccc(C(=O)N[C@H](CCC(=O)O)C(=O)O)cc1)C2O. The number of nitrogens with zero attached hydrogens (tertiary/aromatic N) is 2. The molecule has 0 saturated heterocycles. The third kappa shape index (κ3) is 7.17. The van der Waals surface area contributed by atoms with Crippen LogP contribution in [0.2, 0.25) is 0 Å². The maximum absolute atomic E-state index is 12.4. The molecule has 2 aromatic rings. The lowest BCUT2D eigenvalue weighted by atomic mass is 9.96. The largest absolute Gasteiger partial charge is 0.481 e. The van der Waals surface area contributed by atoms with Crippen molar-refractivity contribution >= 4 is 41.7 Å². The summed E-state index contributed by atoms with van der Waals surface area (Å²) < 4.78 is 0. The third-order valence-corrected chi connectivity index (χ3v) is 5.81. The second kappa shape index (κ2) is 11.2. The lowest BCUT2D eigenvalue weighted by Gasteiger charge is -2.28. The molecule has 198 valence electrons. The first kappa shape index (κ1) is 27.4. The van der Waals surface area contributed by atoms with Crippen molar-refractivity contribution < 1.29 is 34.5 Å². The summed E-state index contributed by atoms with van der Waals surface area (Å²) >= 11 is 0. The van der Waals surface area contributed by atoms with Crippen LogP contribution >= 0.6 is 0 Å². The highest BCUT2D eigenvalue weighted by Gasteiger charge is 2.27. The molecule has 0 bridgehead atoms. The van der Waals surface area contributed by atoms with E-state index in [1.54, 1.807) is 56.0 Å². The van der Waals surface area contributed by atoms with Crippen LogP contribution in [0.3, 0.4) is 0 Å². The highest BCUT2D eigenvalue weighted by Crippen LogP contribution is 2.34. The van der Waals surface area contributed by atoms with Gasteiger partial charge in [0, 0.05) is 29.5 Å². The smallest absolute Gasteiger partial charge is 0.326 e. The molecule has 0 spiro atoms. The first-order chi connectivity index (χ1) is 17.3. The number of aliphatic imine (C=N–C) groups is 1. The number of carboxylic acids is 2. The van der Waals surface area contributed by atoms with E-state index in [-0.39, 0.29) is 24.3 Å². The molecule has 0 saturated carbocycles. The zero-order valence-corrected chi connectivity index (χ0v) is 20.8. The number of anilines is 1. The summed E-state index contributed by atoms with van der Waals surface area (Å²) in [6, 6.07) is 6.89. The molecule has 6 N–H and O–H groups in total. The average Bonchev–Trinajstić information content (AvgIpc) is 3.24. The second-order valence-electron chi connectivity index (χ2n) is 9.79. The number of rotatable bonds is 10. The third-order valence-electron chi connectivity index (χ3n) is 5.81. The van der Waals surface area contributed by atoms with Gasteiger partial charge in [-0.1, -0.05) is 32.9 Å². The summed E-state index contributed by atoms with van der Waals surface area (Å²) in [5.41, 5.74) is 1.07. The van der Waals surface area contributed by atoms with Crippen molar-refractivity contribution in [1.82, 2.24) is 15.2 Å². The van der Waals surface area contributed by atoms with Crippen LogP contribution in [0.5, 0.6) is 0 Å². The first-order valence-electron chi connectivity index (χ1n) is 11.7. The maximum Gasteiger partial charge on any atom is 0.326 e. The molecule has 1 aliphatic rings. The van der Waals surface area contributed by atoms with Crippen LogP contribution in [-0.2, 0) is 20.8 Å². The molecule has 37 heavy (non-hydrogen) atoms. The molecule has 1 unspecified atom stereocenters. The molecule has 2 heterocycles. The van der Waals surface area contributed by atoms with Crippen LogP contribution in [0.1, 0.15) is 61.3 Å². The molecule has 2 amide bonds. The van der Waals surface area contributed by atoms with E-state index in [4.69, 9.17) is 5.11 Å². The maximum atomic E-state index is 12.4. The molecule has 0 radical (unpaired) electrons. The van der Waals surface area contributed by atoms with Gasteiger partial charge < -0.3 is 35.8 Å². The normalized spacial score (nSPS) is 15.6. The minimum Gasteiger partial charge on any atom is -0.481 e. The molecule has 12 heteroatoms. The molecule has 3 rings (SSSR count). The molecular formula is C25H31N5O7. The van der Waals surface area contributed by atoms with Gasteiger partial charge in [0.1, 0.15) is 17.7 Å². The monoisotopic (exact) mass is 513 g/mol. The summed E-state index contributed by atoms with van der Waals surface area (Å²) in [7, 11) is 0. The van der Waals surface area contributed by atoms with E-state index >= 15 is 0 Å². The van der Waals surface area contributed by atoms with Crippen molar-refractivity contribution in [2.75, 3.05) is 11.9 Å². The summed E-state index contributed by atoms with van der Waals surface area (Å²) in [4.78, 5) is 55.6. The van der Waals surface area contributed by atoms with Gasteiger partial charge in [0.15, 0.2) is 6.23 Å². The second-order valence-corrected chi connectivity index (χ2v) is 9.79. The number of amides is 2. The van der Waals surface area contributed by atoms with Crippen LogP contribution in [0.15, 0.2) is 35.3 Å². The van der Waals surface area contributed by atoms with Crippen molar-refractivity contribution in [3.05, 3.63) is 47.0 Å². The molecule has 1 aromatic heterocycles. The Morgan fingerprint density at radius 2 is 1.81 bits per heavy atom. The van der Waals surface area contributed by atoms with Crippen molar-refractivity contribution in [3.8, 4) is 0 Å². The van der Waals surface area contributed by atoms with Crippen molar-refractivity contribution in [2.24, 2.45) is 10.4 Å². The lowest BCUT2D eigenvalue weighted by molar-refractivity contribution is -0.140. The molecular weight excluding hydrogens is 482 g/mol. The van der Waals surface area contributed by atoms with Gasteiger partial charge in [-0.25, -0.2) is 9.79 Å². The number of hydrogen-bond donors (Lipinski definition) is 6. The molecule has 0 aliphatic carbocycles. The summed E-state index contributed by atoms with van der Waals surface area (Å²) in [5.74, 6) is -2.32. The number of hydrogen-bond acceptors (Lipinski definition) is 7. The number of aromatic nitrogens is 1. The van der Waals surface area contributed by atoms with E-state index < -0.39 is 35.5 Å². The number of fused-ring (bicyclic) bond motifs is 1. The highest BCUT2D eigenvalue weighted by molar-refractivity contribution is 5.96. The molecule has 1 aliphatic heterocycles. The minimum atomic E-state index is -1.30. The van der Waals surface area contributed by atoms with Crippen LogP contribution in [0.25, 0.3) is 0 Å². The fourth-order valence-corrected chi connectivity index (χ4v) is 3.54. The Balaban J connectivity index is 1.56. The number of H-pyrrole nitrogens is 1. The zero-order valence-electron chi connectivity index (χ0n) is 20.8. The molecule has 12 nitrogen and oxygen atoms in total. The number of carboxylic acid groups (broad SMARTS) is 2. The van der Waals surface area contributed by atoms with E-state index in [0.717, 1.165) is 5.56 Å². The Labute approximate surface area is 213 Å². The van der Waals surface area contributed by atoms with Crippen molar-refractivity contribution in [3.63, 3.8) is 0 Å². The number of carbonyl (C=O) groups excluding carboxylic acids is 2. The molecule has 1 aromatic carbocycles. The zero-order chi connectivity index (χ0) is 27.3. The Morgan fingerprint density at radius 3 is 2.41 bits per heavy atom. The number of aliphatic carboxylic acids is 2. The number of nitrogens with one attached hydrogen (secondary N) is 3. The van der Waals surface area contributed by atoms with E-state index in [0.29, 0.717) is 30.2 Å². The van der Waals surface area contributed by atoms with Gasteiger partial charge in [-0.15, -0.1) is 0 Å². The highest BCUT2D eigenvalue weighted by atomic mass is 16.4. The number of aromatic amines is 1. The Kier molecular flexibility index (Phi) is 8.33. The predicted molar refractivity (Wildman–Crippen MR) is 135 cm³/mol. The van der Waals surface area contributed by atoms with Crippen LogP contribution < -0.4 is 10.6 Å². The molecule has 2 atom stereocenters. The fourth-order valence-electron chi connectivity index (χ4n) is 3.54. The van der Waals surface area contributed by atoms with Gasteiger partial charge in [0.2, 0.25) is 5.91 Å². The summed E-state index contributed by atoms with van der Waals surface area (Å²) in [5, 5.41) is 33.9. The number of benzene rings is 1. The summed E-state index contributed by atoms with van der Waals surface area (Å²) in [6.45, 7) is 5.82. The molecule has 0 fully saturated rings. The van der Waals surface area contributed by atoms with Crippen LogP contribution in [0.4, 0.5) is 11.6 Å². The Morgan fingerprint density at radius 1 is 1.14 bits per heavy atom. The quantitative estimate of drug-likeness (QED) is 0.279. The van der Waals surface area contributed by atoms with E-state index in [1.165, 1.54) is 6.34 Å². The van der Waals surface area contributed by atoms with Gasteiger partial charge in [0.05, 0.1) is 6.34 Å². The number of aliphatic hydroxyl groups is 1. The topological polar surface area (TPSA) is 184 Å². The van der Waals surface area contributed by atoms with Gasteiger partial charge in [-0.3, -0.25) is 14.4 Å². The van der Waals surface area contributed by atoms with E-state index in [2.05, 4.69) is 20.6 Å². The Hall–Kier alpha value is -4.19. The Bertz CT molecular complexity index is 1200. The number of carbonyl (C=O) groups is 4. The first-order valence-corrected chi connectivity index (χ1v) is 11.7. The minimum absolute atomic E-state index is 0.169. The van der Waals surface area contributed by atoms with E-state index in [9.17, 15) is 29.4 Å². The van der Waals surface area contributed by atoms with Gasteiger partial charge >= 0.3 is 11.9 Å². The van der Waals surface area contributed by atoms with Crippen LogP contribution in [-0.4, -0.2) is 67.9 Å². The van der Waals surface area contributed by atoms with Crippen LogP contribution in [0, 0.1) is 5.41 Å². The fraction of sp³-hybridized carbons (Fsp3) is 0.400. The standard InChI is InChI=1S/C25H31N5O7/c1-25(2,3)24(37)29-18-12-16-20(28-18)26-13-30(22(16)34)11-10-14-4-6-15(7-5-14)21(33)27-17(23(35)36)8-9-19(31)32/h4-7,12-13,17,22,28,34H,8-11H2,1-3H3,(H,27,33)(H,29,37)(H,31,32)(H,35,36)/t17-,22?/m1/s1. The number of aliphatic hydroxyl groups excluding tert-OH is 1. The van der Waals surface area contributed by atoms with Gasteiger partial charge in [-0.05, 0) is 36.6 Å². The lowest BCUT2D eigenvalue weighted by Crippen LogP contribution is -2.41.